The van der Waals surface area contributed by atoms with Crippen LogP contribution in [0.5, 0.6) is 0 Å². The maximum atomic E-state index is 4.69. The van der Waals surface area contributed by atoms with Crippen LogP contribution in [-0.4, -0.2) is 5.71 Å². The lowest BCUT2D eigenvalue weighted by molar-refractivity contribution is 0.497. The molecule has 0 fully saturated rings. The highest BCUT2D eigenvalue weighted by Crippen LogP contribution is 2.42. The largest absolute Gasteiger partial charge is 0.261 e. The second-order valence-electron chi connectivity index (χ2n) is 4.76. The highest BCUT2D eigenvalue weighted by atomic mass is 14.8. The summed E-state index contributed by atoms with van der Waals surface area (Å²) in [4.78, 5) is 4.69. The second kappa shape index (κ2) is 4.82. The molecular formula is C15H23N. The van der Waals surface area contributed by atoms with E-state index < -0.39 is 0 Å². The van der Waals surface area contributed by atoms with Gasteiger partial charge in [0.2, 0.25) is 0 Å². The van der Waals surface area contributed by atoms with Gasteiger partial charge in [0.05, 0.1) is 0 Å². The van der Waals surface area contributed by atoms with Gasteiger partial charge in [-0.25, -0.2) is 0 Å². The van der Waals surface area contributed by atoms with Crippen LogP contribution in [0.2, 0.25) is 0 Å². The molecule has 0 aromatic rings. The van der Waals surface area contributed by atoms with Crippen molar-refractivity contribution in [1.29, 1.82) is 0 Å². The average molecular weight is 217 g/mol. The van der Waals surface area contributed by atoms with Gasteiger partial charge in [0.15, 0.2) is 0 Å². The minimum Gasteiger partial charge on any atom is -0.261 e. The molecule has 0 aliphatic carbocycles. The Morgan fingerprint density at radius 3 is 2.50 bits per heavy atom. The van der Waals surface area contributed by atoms with E-state index in [0.29, 0.717) is 0 Å². The summed E-state index contributed by atoms with van der Waals surface area (Å²) in [6.07, 6.45) is 6.47. The zero-order valence-corrected chi connectivity index (χ0v) is 11.2. The predicted octanol–water partition coefficient (Wildman–Crippen LogP) is 4.67. The van der Waals surface area contributed by atoms with Gasteiger partial charge in [0.25, 0.3) is 0 Å². The van der Waals surface area contributed by atoms with Gasteiger partial charge >= 0.3 is 0 Å². The number of rotatable bonds is 3. The summed E-state index contributed by atoms with van der Waals surface area (Å²) in [5.74, 6) is 0. The predicted molar refractivity (Wildman–Crippen MR) is 72.8 cm³/mol. The number of aliphatic imine (C=N–C) groups is 1. The van der Waals surface area contributed by atoms with E-state index in [-0.39, 0.29) is 5.41 Å². The molecule has 1 heteroatoms. The highest BCUT2D eigenvalue weighted by molar-refractivity contribution is 5.94. The van der Waals surface area contributed by atoms with Gasteiger partial charge in [-0.2, -0.15) is 0 Å². The normalized spacial score (nSPS) is 26.6. The van der Waals surface area contributed by atoms with E-state index in [4.69, 9.17) is 0 Å². The van der Waals surface area contributed by atoms with E-state index in [1.54, 1.807) is 0 Å². The average Bonchev–Trinajstić information content (AvgIpc) is 2.23. The van der Waals surface area contributed by atoms with Crippen molar-refractivity contribution < 1.29 is 0 Å². The van der Waals surface area contributed by atoms with Crippen LogP contribution in [0.15, 0.2) is 40.6 Å². The molecule has 88 valence electrons. The molecule has 1 atom stereocenters. The first kappa shape index (κ1) is 13.0. The number of allylic oxidation sites excluding steroid dienone is 5. The molecule has 1 nitrogen and oxygen atoms in total. The molecule has 16 heavy (non-hydrogen) atoms. The van der Waals surface area contributed by atoms with Crippen molar-refractivity contribution in [3.8, 4) is 0 Å². The number of hydrogen-bond acceptors (Lipinski definition) is 1. The molecule has 0 aromatic heterocycles. The lowest BCUT2D eigenvalue weighted by atomic mass is 9.70. The van der Waals surface area contributed by atoms with Crippen molar-refractivity contribution in [2.24, 2.45) is 10.4 Å². The van der Waals surface area contributed by atoms with Crippen LogP contribution in [-0.2, 0) is 0 Å². The summed E-state index contributed by atoms with van der Waals surface area (Å²) in [5, 5.41) is 0. The Morgan fingerprint density at radius 1 is 1.38 bits per heavy atom. The van der Waals surface area contributed by atoms with Crippen LogP contribution in [0.3, 0.4) is 0 Å². The van der Waals surface area contributed by atoms with Gasteiger partial charge in [0, 0.05) is 16.8 Å². The smallest absolute Gasteiger partial charge is 0.0447 e. The molecule has 0 spiro atoms. The quantitative estimate of drug-likeness (QED) is 0.651. The Kier molecular flexibility index (Phi) is 3.90. The molecule has 1 heterocycles. The first-order chi connectivity index (χ1) is 7.47. The third-order valence-corrected chi connectivity index (χ3v) is 3.60. The molecule has 1 aliphatic rings. The van der Waals surface area contributed by atoms with Crippen LogP contribution in [0.1, 0.15) is 47.5 Å². The summed E-state index contributed by atoms with van der Waals surface area (Å²) in [7, 11) is 0. The SMILES string of the molecule is C=C1C(/C=C\C)=C(C)N=C(C)C1(C)CCC. The van der Waals surface area contributed by atoms with Gasteiger partial charge in [-0.15, -0.1) is 0 Å². The molecule has 1 aliphatic heterocycles. The van der Waals surface area contributed by atoms with Crippen molar-refractivity contribution >= 4 is 5.71 Å². The summed E-state index contributed by atoms with van der Waals surface area (Å²) in [6, 6.07) is 0. The third kappa shape index (κ3) is 2.04. The van der Waals surface area contributed by atoms with Crippen molar-refractivity contribution in [2.75, 3.05) is 0 Å². The van der Waals surface area contributed by atoms with Gasteiger partial charge in [-0.1, -0.05) is 39.0 Å². The van der Waals surface area contributed by atoms with Crippen molar-refractivity contribution in [2.45, 2.75) is 47.5 Å². The molecule has 0 saturated heterocycles. The Balaban J connectivity index is 3.24. The summed E-state index contributed by atoms with van der Waals surface area (Å²) < 4.78 is 0. The fourth-order valence-electron chi connectivity index (χ4n) is 2.39. The third-order valence-electron chi connectivity index (χ3n) is 3.60. The summed E-state index contributed by atoms with van der Waals surface area (Å²) >= 11 is 0. The fraction of sp³-hybridized carbons (Fsp3) is 0.533. The van der Waals surface area contributed by atoms with E-state index in [1.807, 2.05) is 6.92 Å². The van der Waals surface area contributed by atoms with Crippen molar-refractivity contribution in [3.63, 3.8) is 0 Å². The van der Waals surface area contributed by atoms with Gasteiger partial charge in [-0.05, 0) is 38.3 Å². The Labute approximate surface area is 99.7 Å². The van der Waals surface area contributed by atoms with Crippen LogP contribution < -0.4 is 0 Å². The summed E-state index contributed by atoms with van der Waals surface area (Å²) in [6.45, 7) is 15.0. The van der Waals surface area contributed by atoms with E-state index >= 15 is 0 Å². The molecule has 1 rings (SSSR count). The zero-order valence-electron chi connectivity index (χ0n) is 11.2. The molecule has 0 bridgehead atoms. The van der Waals surface area contributed by atoms with Crippen LogP contribution in [0.4, 0.5) is 0 Å². The monoisotopic (exact) mass is 217 g/mol. The van der Waals surface area contributed by atoms with E-state index in [2.05, 4.69) is 51.4 Å². The van der Waals surface area contributed by atoms with Gasteiger partial charge in [0.1, 0.15) is 0 Å². The maximum absolute atomic E-state index is 4.69. The molecular weight excluding hydrogens is 194 g/mol. The lowest BCUT2D eigenvalue weighted by Gasteiger charge is -2.36. The molecule has 0 N–H and O–H groups in total. The zero-order chi connectivity index (χ0) is 12.3. The van der Waals surface area contributed by atoms with Gasteiger partial charge < -0.3 is 0 Å². The van der Waals surface area contributed by atoms with E-state index in [9.17, 15) is 0 Å². The highest BCUT2D eigenvalue weighted by Gasteiger charge is 2.34. The second-order valence-corrected chi connectivity index (χ2v) is 4.76. The minimum atomic E-state index is 0.0447. The Bertz CT molecular complexity index is 382. The molecule has 0 aromatic carbocycles. The Morgan fingerprint density at radius 2 is 2.00 bits per heavy atom. The number of nitrogens with zero attached hydrogens (tertiary/aromatic N) is 1. The number of hydrogen-bond donors (Lipinski definition) is 0. The fourth-order valence-corrected chi connectivity index (χ4v) is 2.39. The molecule has 0 radical (unpaired) electrons. The molecule has 1 unspecified atom stereocenters. The standard InChI is InChI=1S/C15H23N/c1-7-9-14-11(3)15(6,10-8-2)13(5)16-12(14)4/h7,9H,3,8,10H2,1-2,4-6H3/b9-7-. The van der Waals surface area contributed by atoms with E-state index in [0.717, 1.165) is 18.5 Å². The lowest BCUT2D eigenvalue weighted by Crippen LogP contribution is -2.31. The van der Waals surface area contributed by atoms with Gasteiger partial charge in [-0.3, -0.25) is 4.99 Å². The molecule has 0 saturated carbocycles. The van der Waals surface area contributed by atoms with Crippen LogP contribution in [0.25, 0.3) is 0 Å². The molecule has 0 amide bonds. The topological polar surface area (TPSA) is 12.4 Å². The van der Waals surface area contributed by atoms with E-state index in [1.165, 1.54) is 16.9 Å². The van der Waals surface area contributed by atoms with Crippen molar-refractivity contribution in [1.82, 2.24) is 0 Å². The van der Waals surface area contributed by atoms with Crippen LogP contribution in [0, 0.1) is 5.41 Å². The maximum Gasteiger partial charge on any atom is 0.0447 e. The Hall–Kier alpha value is -1.11. The first-order valence-electron chi connectivity index (χ1n) is 6.06. The minimum absolute atomic E-state index is 0.0447. The van der Waals surface area contributed by atoms with Crippen molar-refractivity contribution in [3.05, 3.63) is 35.6 Å². The summed E-state index contributed by atoms with van der Waals surface area (Å²) in [5.41, 5.74) is 4.77. The first-order valence-corrected chi connectivity index (χ1v) is 6.06. The van der Waals surface area contributed by atoms with Crippen LogP contribution >= 0.6 is 0 Å².